The molecular formula is C12H20N4O. The molecule has 0 aliphatic carbocycles. The van der Waals surface area contributed by atoms with E-state index in [1.807, 2.05) is 44.1 Å². The van der Waals surface area contributed by atoms with Crippen molar-refractivity contribution in [2.75, 3.05) is 32.5 Å². The van der Waals surface area contributed by atoms with Crippen LogP contribution in [0.1, 0.15) is 12.6 Å². The molecule has 1 amide bonds. The lowest BCUT2D eigenvalue weighted by atomic mass is 10.3. The summed E-state index contributed by atoms with van der Waals surface area (Å²) in [6, 6.07) is 5.82. The Morgan fingerprint density at radius 1 is 1.47 bits per heavy atom. The molecule has 94 valence electrons. The largest absolute Gasteiger partial charge is 0.373 e. The van der Waals surface area contributed by atoms with E-state index < -0.39 is 0 Å². The van der Waals surface area contributed by atoms with Gasteiger partial charge in [-0.15, -0.1) is 0 Å². The van der Waals surface area contributed by atoms with Gasteiger partial charge >= 0.3 is 0 Å². The van der Waals surface area contributed by atoms with Crippen molar-refractivity contribution in [3.8, 4) is 0 Å². The van der Waals surface area contributed by atoms with Crippen molar-refractivity contribution in [2.24, 2.45) is 0 Å². The van der Waals surface area contributed by atoms with Crippen LogP contribution in [0.5, 0.6) is 0 Å². The number of hydrogen-bond acceptors (Lipinski definition) is 4. The number of nitrogens with one attached hydrogen (secondary N) is 2. The van der Waals surface area contributed by atoms with Crippen LogP contribution in [0.3, 0.4) is 0 Å². The zero-order valence-corrected chi connectivity index (χ0v) is 10.7. The van der Waals surface area contributed by atoms with Gasteiger partial charge in [-0.1, -0.05) is 6.07 Å². The third-order valence-electron chi connectivity index (χ3n) is 2.28. The van der Waals surface area contributed by atoms with E-state index in [4.69, 9.17) is 0 Å². The van der Waals surface area contributed by atoms with E-state index in [-0.39, 0.29) is 5.91 Å². The highest BCUT2D eigenvalue weighted by Crippen LogP contribution is 2.05. The molecule has 0 saturated heterocycles. The number of hydrogen-bond donors (Lipinski definition) is 2. The molecule has 1 aromatic rings. The second-order valence-electron chi connectivity index (χ2n) is 3.89. The van der Waals surface area contributed by atoms with E-state index in [0.29, 0.717) is 19.6 Å². The van der Waals surface area contributed by atoms with Crippen molar-refractivity contribution < 1.29 is 4.79 Å². The fourth-order valence-electron chi connectivity index (χ4n) is 1.54. The third kappa shape index (κ3) is 4.82. The SMILES string of the molecule is CCNC(=O)CN(C)Cc1cccc(NC)n1. The van der Waals surface area contributed by atoms with Gasteiger partial charge in [-0.3, -0.25) is 9.69 Å². The Morgan fingerprint density at radius 2 is 2.24 bits per heavy atom. The van der Waals surface area contributed by atoms with Crippen molar-refractivity contribution in [3.63, 3.8) is 0 Å². The zero-order valence-electron chi connectivity index (χ0n) is 10.7. The first-order chi connectivity index (χ1) is 8.15. The van der Waals surface area contributed by atoms with E-state index in [1.165, 1.54) is 0 Å². The van der Waals surface area contributed by atoms with E-state index in [1.54, 1.807) is 0 Å². The summed E-state index contributed by atoms with van der Waals surface area (Å²) in [4.78, 5) is 17.7. The van der Waals surface area contributed by atoms with Gasteiger partial charge in [0.2, 0.25) is 5.91 Å². The maximum absolute atomic E-state index is 11.4. The Balaban J connectivity index is 2.49. The van der Waals surface area contributed by atoms with Crippen LogP contribution in [0.25, 0.3) is 0 Å². The van der Waals surface area contributed by atoms with Crippen molar-refractivity contribution in [2.45, 2.75) is 13.5 Å². The summed E-state index contributed by atoms with van der Waals surface area (Å²) < 4.78 is 0. The fourth-order valence-corrected chi connectivity index (χ4v) is 1.54. The summed E-state index contributed by atoms with van der Waals surface area (Å²) in [6.07, 6.45) is 0. The molecule has 0 aromatic carbocycles. The van der Waals surface area contributed by atoms with Gasteiger partial charge < -0.3 is 10.6 Å². The summed E-state index contributed by atoms with van der Waals surface area (Å²) in [6.45, 7) is 3.63. The van der Waals surface area contributed by atoms with Gasteiger partial charge in [0.1, 0.15) is 5.82 Å². The van der Waals surface area contributed by atoms with Gasteiger partial charge in [-0.2, -0.15) is 0 Å². The smallest absolute Gasteiger partial charge is 0.234 e. The van der Waals surface area contributed by atoms with E-state index >= 15 is 0 Å². The molecule has 0 bridgehead atoms. The van der Waals surface area contributed by atoms with E-state index in [9.17, 15) is 4.79 Å². The first-order valence-corrected chi connectivity index (χ1v) is 5.74. The highest BCUT2D eigenvalue weighted by Gasteiger charge is 2.06. The number of carbonyl (C=O) groups excluding carboxylic acids is 1. The van der Waals surface area contributed by atoms with Gasteiger partial charge in [-0.25, -0.2) is 4.98 Å². The monoisotopic (exact) mass is 236 g/mol. The van der Waals surface area contributed by atoms with Crippen molar-refractivity contribution >= 4 is 11.7 Å². The first-order valence-electron chi connectivity index (χ1n) is 5.74. The number of amides is 1. The molecule has 0 spiro atoms. The topological polar surface area (TPSA) is 57.3 Å². The van der Waals surface area contributed by atoms with Crippen LogP contribution in [0, 0.1) is 0 Å². The Kier molecular flexibility index (Phi) is 5.42. The van der Waals surface area contributed by atoms with Crippen molar-refractivity contribution in [1.82, 2.24) is 15.2 Å². The molecule has 0 aliphatic heterocycles. The number of carbonyl (C=O) groups is 1. The Hall–Kier alpha value is -1.62. The fraction of sp³-hybridized carbons (Fsp3) is 0.500. The maximum atomic E-state index is 11.4. The molecule has 5 nitrogen and oxygen atoms in total. The number of likely N-dealkylation sites (N-methyl/N-ethyl adjacent to an activating group) is 2. The molecule has 0 aliphatic rings. The van der Waals surface area contributed by atoms with Crippen molar-refractivity contribution in [3.05, 3.63) is 23.9 Å². The average molecular weight is 236 g/mol. The quantitative estimate of drug-likeness (QED) is 0.763. The Morgan fingerprint density at radius 3 is 2.88 bits per heavy atom. The normalized spacial score (nSPS) is 10.4. The van der Waals surface area contributed by atoms with Crippen LogP contribution in [0.4, 0.5) is 5.82 Å². The minimum absolute atomic E-state index is 0.0415. The van der Waals surface area contributed by atoms with Crippen molar-refractivity contribution in [1.29, 1.82) is 0 Å². The highest BCUT2D eigenvalue weighted by molar-refractivity contribution is 5.77. The molecule has 0 unspecified atom stereocenters. The summed E-state index contributed by atoms with van der Waals surface area (Å²) in [7, 11) is 3.74. The summed E-state index contributed by atoms with van der Waals surface area (Å²) in [5, 5.41) is 5.76. The number of aromatic nitrogens is 1. The van der Waals surface area contributed by atoms with Gasteiger partial charge in [0, 0.05) is 20.1 Å². The molecule has 1 rings (SSSR count). The van der Waals surface area contributed by atoms with Gasteiger partial charge in [0.25, 0.3) is 0 Å². The lowest BCUT2D eigenvalue weighted by Gasteiger charge is -2.15. The van der Waals surface area contributed by atoms with Gasteiger partial charge in [0.15, 0.2) is 0 Å². The predicted octanol–water partition coefficient (Wildman–Crippen LogP) is 0.691. The van der Waals surface area contributed by atoms with Gasteiger partial charge in [-0.05, 0) is 26.1 Å². The van der Waals surface area contributed by atoms with E-state index in [2.05, 4.69) is 15.6 Å². The summed E-state index contributed by atoms with van der Waals surface area (Å²) >= 11 is 0. The molecule has 0 fully saturated rings. The average Bonchev–Trinajstić information content (AvgIpc) is 2.29. The van der Waals surface area contributed by atoms with Crippen LogP contribution >= 0.6 is 0 Å². The molecule has 1 aromatic heterocycles. The second kappa shape index (κ2) is 6.85. The molecular weight excluding hydrogens is 216 g/mol. The second-order valence-corrected chi connectivity index (χ2v) is 3.89. The number of anilines is 1. The molecule has 0 radical (unpaired) electrons. The van der Waals surface area contributed by atoms with Crippen LogP contribution in [0.15, 0.2) is 18.2 Å². The number of rotatable bonds is 6. The number of pyridine rings is 1. The summed E-state index contributed by atoms with van der Waals surface area (Å²) in [5.41, 5.74) is 0.948. The van der Waals surface area contributed by atoms with Crippen LogP contribution < -0.4 is 10.6 Å². The minimum atomic E-state index is 0.0415. The molecule has 17 heavy (non-hydrogen) atoms. The predicted molar refractivity (Wildman–Crippen MR) is 68.8 cm³/mol. The number of nitrogens with zero attached hydrogens (tertiary/aromatic N) is 2. The van der Waals surface area contributed by atoms with Crippen LogP contribution in [0.2, 0.25) is 0 Å². The standard InChI is InChI=1S/C12H20N4O/c1-4-14-12(17)9-16(3)8-10-6-5-7-11(13-2)15-10/h5-7H,4,8-9H2,1-3H3,(H,13,15)(H,14,17). The Labute approximate surface area is 102 Å². The lowest BCUT2D eigenvalue weighted by Crippen LogP contribution is -2.34. The lowest BCUT2D eigenvalue weighted by molar-refractivity contribution is -0.121. The molecule has 0 atom stereocenters. The molecule has 1 heterocycles. The van der Waals surface area contributed by atoms with E-state index in [0.717, 1.165) is 11.5 Å². The van der Waals surface area contributed by atoms with Crippen LogP contribution in [-0.4, -0.2) is 43.0 Å². The first kappa shape index (κ1) is 13.4. The summed E-state index contributed by atoms with van der Waals surface area (Å²) in [5.74, 6) is 0.883. The molecule has 0 saturated carbocycles. The molecule has 5 heteroatoms. The maximum Gasteiger partial charge on any atom is 0.234 e. The Bertz CT molecular complexity index is 367. The molecule has 2 N–H and O–H groups in total. The highest BCUT2D eigenvalue weighted by atomic mass is 16.1. The third-order valence-corrected chi connectivity index (χ3v) is 2.28. The minimum Gasteiger partial charge on any atom is -0.373 e. The van der Waals surface area contributed by atoms with Crippen LogP contribution in [-0.2, 0) is 11.3 Å². The van der Waals surface area contributed by atoms with Gasteiger partial charge in [0.05, 0.1) is 12.2 Å². The zero-order chi connectivity index (χ0) is 12.7.